The van der Waals surface area contributed by atoms with Crippen molar-refractivity contribution in [1.29, 1.82) is 0 Å². The molecule has 0 aliphatic carbocycles. The average Bonchev–Trinajstić information content (AvgIpc) is 2.85. The second kappa shape index (κ2) is 11.5. The zero-order chi connectivity index (χ0) is 27.3. The largest absolute Gasteiger partial charge is 0.489 e. The van der Waals surface area contributed by atoms with E-state index in [1.165, 1.54) is 24.4 Å². The van der Waals surface area contributed by atoms with Gasteiger partial charge in [0.15, 0.2) is 0 Å². The van der Waals surface area contributed by atoms with Crippen LogP contribution < -0.4 is 14.5 Å². The summed E-state index contributed by atoms with van der Waals surface area (Å²) in [4.78, 5) is 12.5. The first-order valence-electron chi connectivity index (χ1n) is 11.5. The van der Waals surface area contributed by atoms with Crippen LogP contribution in [0, 0.1) is 6.92 Å². The van der Waals surface area contributed by atoms with Crippen LogP contribution in [-0.4, -0.2) is 44.7 Å². The van der Waals surface area contributed by atoms with Crippen LogP contribution in [0.2, 0.25) is 0 Å². The number of hydrazone groups is 1. The lowest BCUT2D eigenvalue weighted by Crippen LogP contribution is -2.39. The molecule has 7 nitrogen and oxygen atoms in total. The van der Waals surface area contributed by atoms with Gasteiger partial charge in [-0.3, -0.25) is 9.10 Å². The van der Waals surface area contributed by atoms with E-state index in [2.05, 4.69) is 10.5 Å². The first-order valence-corrected chi connectivity index (χ1v) is 14.0. The van der Waals surface area contributed by atoms with Crippen LogP contribution in [0.5, 0.6) is 5.75 Å². The van der Waals surface area contributed by atoms with Crippen molar-refractivity contribution >= 4 is 39.6 Å². The number of aryl methyl sites for hydroxylation is 1. The Bertz CT molecular complexity index is 1420. The quantitative estimate of drug-likeness (QED) is 0.297. The van der Waals surface area contributed by atoms with Crippen LogP contribution in [0.15, 0.2) is 82.8 Å². The Labute approximate surface area is 222 Å². The topological polar surface area (TPSA) is 88.1 Å². The Morgan fingerprint density at radius 2 is 1.82 bits per heavy atom. The first-order chi connectivity index (χ1) is 18.0. The van der Waals surface area contributed by atoms with E-state index in [4.69, 9.17) is 4.74 Å². The molecule has 1 saturated heterocycles. The van der Waals surface area contributed by atoms with Gasteiger partial charge < -0.3 is 4.74 Å². The molecule has 1 fully saturated rings. The average molecular weight is 564 g/mol. The minimum atomic E-state index is -4.70. The third-order valence-electron chi connectivity index (χ3n) is 5.53. The number of sulfonamides is 1. The summed E-state index contributed by atoms with van der Waals surface area (Å²) in [5.74, 6) is 1.66. The van der Waals surface area contributed by atoms with Crippen molar-refractivity contribution in [3.05, 3.63) is 89.5 Å². The summed E-state index contributed by atoms with van der Waals surface area (Å²) >= 11 is 1.79. The van der Waals surface area contributed by atoms with E-state index in [0.29, 0.717) is 21.7 Å². The molecule has 200 valence electrons. The second-order valence-electron chi connectivity index (χ2n) is 8.52. The van der Waals surface area contributed by atoms with Gasteiger partial charge >= 0.3 is 6.18 Å². The number of alkyl halides is 3. The molecule has 1 aliphatic rings. The highest BCUT2D eigenvalue weighted by atomic mass is 32.2. The number of carbonyl (C=O) groups is 1. The van der Waals surface area contributed by atoms with Crippen molar-refractivity contribution in [2.24, 2.45) is 5.10 Å². The minimum Gasteiger partial charge on any atom is -0.489 e. The lowest BCUT2D eigenvalue weighted by molar-refractivity contribution is -0.137. The van der Waals surface area contributed by atoms with Gasteiger partial charge in [0.05, 0.1) is 22.4 Å². The molecule has 4 rings (SSSR count). The Hall–Kier alpha value is -3.51. The minimum absolute atomic E-state index is 0.157. The van der Waals surface area contributed by atoms with Crippen LogP contribution in [0.1, 0.15) is 16.7 Å². The van der Waals surface area contributed by atoms with Crippen LogP contribution >= 0.6 is 11.8 Å². The monoisotopic (exact) mass is 563 g/mol. The molecule has 0 atom stereocenters. The Morgan fingerprint density at radius 3 is 2.47 bits per heavy atom. The number of hydrogen-bond donors (Lipinski definition) is 1. The normalized spacial score (nSPS) is 14.2. The molecule has 38 heavy (non-hydrogen) atoms. The summed E-state index contributed by atoms with van der Waals surface area (Å²) in [6, 6.07) is 16.6. The molecule has 1 heterocycles. The van der Waals surface area contributed by atoms with E-state index in [9.17, 15) is 26.4 Å². The number of nitrogens with one attached hydrogen (secondary N) is 1. The number of benzene rings is 3. The van der Waals surface area contributed by atoms with Gasteiger partial charge in [0.2, 0.25) is 0 Å². The number of hydrogen-bond acceptors (Lipinski definition) is 6. The highest BCUT2D eigenvalue weighted by Crippen LogP contribution is 2.33. The molecule has 0 spiro atoms. The molecule has 12 heteroatoms. The Kier molecular flexibility index (Phi) is 8.32. The van der Waals surface area contributed by atoms with Crippen LogP contribution in [0.3, 0.4) is 0 Å². The van der Waals surface area contributed by atoms with Gasteiger partial charge in [-0.05, 0) is 55.0 Å². The molecule has 1 N–H and O–H groups in total. The molecular weight excluding hydrogens is 539 g/mol. The molecule has 0 bridgehead atoms. The number of ether oxygens (including phenoxy) is 1. The standard InChI is InChI=1S/C26H24F3N3O4S2/c1-18-8-10-24(11-9-18)38(34,35)32(21-6-3-5-20(13-21)26(27,28)29)15-25(33)31-30-14-19-4-2-7-22(12-19)36-23-16-37-17-23/h2-14,23H,15-17H2,1H3,(H,31,33)/b30-14-. The van der Waals surface area contributed by atoms with Gasteiger partial charge in [0, 0.05) is 11.5 Å². The maximum absolute atomic E-state index is 13.4. The molecule has 3 aromatic rings. The van der Waals surface area contributed by atoms with Gasteiger partial charge in [-0.25, -0.2) is 13.8 Å². The Balaban J connectivity index is 1.54. The summed E-state index contributed by atoms with van der Waals surface area (Å²) in [5, 5.41) is 3.88. The molecule has 1 amide bonds. The zero-order valence-corrected chi connectivity index (χ0v) is 21.8. The van der Waals surface area contributed by atoms with Crippen LogP contribution in [0.25, 0.3) is 0 Å². The number of halogens is 3. The Morgan fingerprint density at radius 1 is 1.11 bits per heavy atom. The number of carbonyl (C=O) groups excluding carboxylic acids is 1. The van der Waals surface area contributed by atoms with E-state index >= 15 is 0 Å². The highest BCUT2D eigenvalue weighted by Gasteiger charge is 2.33. The second-order valence-corrected chi connectivity index (χ2v) is 11.5. The van der Waals surface area contributed by atoms with Crippen molar-refractivity contribution in [3.8, 4) is 5.75 Å². The fourth-order valence-corrected chi connectivity index (χ4v) is 5.45. The van der Waals surface area contributed by atoms with E-state index in [1.54, 1.807) is 49.0 Å². The molecule has 3 aromatic carbocycles. The molecule has 1 aliphatic heterocycles. The van der Waals surface area contributed by atoms with Crippen molar-refractivity contribution in [2.45, 2.75) is 24.1 Å². The number of anilines is 1. The van der Waals surface area contributed by atoms with Crippen LogP contribution in [-0.2, 0) is 21.0 Å². The van der Waals surface area contributed by atoms with Crippen molar-refractivity contribution < 1.29 is 31.1 Å². The highest BCUT2D eigenvalue weighted by molar-refractivity contribution is 8.00. The smallest absolute Gasteiger partial charge is 0.416 e. The zero-order valence-electron chi connectivity index (χ0n) is 20.2. The molecule has 0 saturated carbocycles. The van der Waals surface area contributed by atoms with Gasteiger partial charge in [0.1, 0.15) is 18.4 Å². The fraction of sp³-hybridized carbons (Fsp3) is 0.231. The summed E-state index contributed by atoms with van der Waals surface area (Å²) in [6.45, 7) is 0.970. The maximum Gasteiger partial charge on any atom is 0.416 e. The summed E-state index contributed by atoms with van der Waals surface area (Å²) in [7, 11) is -4.38. The third kappa shape index (κ3) is 6.87. The number of nitrogens with zero attached hydrogens (tertiary/aromatic N) is 2. The van der Waals surface area contributed by atoms with E-state index < -0.39 is 34.2 Å². The summed E-state index contributed by atoms with van der Waals surface area (Å²) < 4.78 is 73.2. The van der Waals surface area contributed by atoms with Crippen LogP contribution in [0.4, 0.5) is 18.9 Å². The molecule has 0 aromatic heterocycles. The number of amides is 1. The predicted molar refractivity (Wildman–Crippen MR) is 141 cm³/mol. The maximum atomic E-state index is 13.4. The van der Waals surface area contributed by atoms with Crippen molar-refractivity contribution in [2.75, 3.05) is 22.4 Å². The predicted octanol–water partition coefficient (Wildman–Crippen LogP) is 4.85. The molecule has 0 unspecified atom stereocenters. The van der Waals surface area contributed by atoms with Crippen molar-refractivity contribution in [3.63, 3.8) is 0 Å². The van der Waals surface area contributed by atoms with Gasteiger partial charge in [-0.2, -0.15) is 30.0 Å². The van der Waals surface area contributed by atoms with E-state index in [1.807, 2.05) is 6.07 Å². The SMILES string of the molecule is Cc1ccc(S(=O)(=O)N(CC(=O)N/N=C\c2cccc(OC3CSC3)c2)c2cccc(C(F)(F)F)c2)cc1. The summed E-state index contributed by atoms with van der Waals surface area (Å²) in [5.41, 5.74) is 2.33. The summed E-state index contributed by atoms with van der Waals surface area (Å²) in [6.07, 6.45) is -3.18. The lowest BCUT2D eigenvalue weighted by Gasteiger charge is -2.25. The van der Waals surface area contributed by atoms with E-state index in [-0.39, 0.29) is 16.7 Å². The fourth-order valence-electron chi connectivity index (χ4n) is 3.48. The number of rotatable bonds is 9. The number of thioether (sulfide) groups is 1. The van der Waals surface area contributed by atoms with Gasteiger partial charge in [0.25, 0.3) is 15.9 Å². The van der Waals surface area contributed by atoms with Gasteiger partial charge in [-0.1, -0.05) is 35.9 Å². The molecular formula is C26H24F3N3O4S2. The van der Waals surface area contributed by atoms with Gasteiger partial charge in [-0.15, -0.1) is 0 Å². The third-order valence-corrected chi connectivity index (χ3v) is 8.53. The molecule has 0 radical (unpaired) electrons. The van der Waals surface area contributed by atoms with E-state index in [0.717, 1.165) is 29.2 Å². The lowest BCUT2D eigenvalue weighted by atomic mass is 10.2. The first kappa shape index (κ1) is 27.5. The van der Waals surface area contributed by atoms with Crippen molar-refractivity contribution in [1.82, 2.24) is 5.43 Å².